The van der Waals surface area contributed by atoms with Crippen molar-refractivity contribution in [1.29, 1.82) is 0 Å². The molecule has 0 aromatic heterocycles. The zero-order valence-electron chi connectivity index (χ0n) is 22.0. The molecule has 38 heavy (non-hydrogen) atoms. The summed E-state index contributed by atoms with van der Waals surface area (Å²) in [6.07, 6.45) is 0.0861. The lowest BCUT2D eigenvalue weighted by Crippen LogP contribution is -2.54. The van der Waals surface area contributed by atoms with E-state index in [9.17, 15) is 4.79 Å². The van der Waals surface area contributed by atoms with Crippen LogP contribution in [-0.4, -0.2) is 23.8 Å². The topological polar surface area (TPSA) is 32.8 Å². The van der Waals surface area contributed by atoms with Crippen molar-refractivity contribution in [2.45, 2.75) is 38.5 Å². The molecule has 192 valence electrons. The fourth-order valence-electron chi connectivity index (χ4n) is 6.30. The lowest BCUT2D eigenvalue weighted by molar-refractivity contribution is -0.140. The minimum Gasteiger partial charge on any atom is -0.299 e. The van der Waals surface area contributed by atoms with Gasteiger partial charge in [-0.2, -0.15) is 0 Å². The Labute approximate surface area is 225 Å². The van der Waals surface area contributed by atoms with E-state index in [1.165, 1.54) is 11.1 Å². The second-order valence-corrected chi connectivity index (χ2v) is 10.6. The van der Waals surface area contributed by atoms with Gasteiger partial charge >= 0.3 is 0 Å². The maximum atomic E-state index is 14.4. The third-order valence-electron chi connectivity index (χ3n) is 8.36. The highest BCUT2D eigenvalue weighted by atomic mass is 16.7. The number of anilines is 1. The Balaban J connectivity index is 1.53. The molecule has 4 atom stereocenters. The van der Waals surface area contributed by atoms with Crippen molar-refractivity contribution >= 4 is 11.5 Å². The quantitative estimate of drug-likeness (QED) is 0.288. The van der Waals surface area contributed by atoms with Crippen LogP contribution >= 0.6 is 0 Å². The largest absolute Gasteiger partial charge is 0.299 e. The van der Waals surface area contributed by atoms with E-state index < -0.39 is 11.5 Å². The summed E-state index contributed by atoms with van der Waals surface area (Å²) in [5.41, 5.74) is 4.76. The van der Waals surface area contributed by atoms with Crippen LogP contribution in [0.25, 0.3) is 0 Å². The molecule has 4 aromatic carbocycles. The van der Waals surface area contributed by atoms with Gasteiger partial charge in [-0.15, -0.1) is 0 Å². The summed E-state index contributed by atoms with van der Waals surface area (Å²) in [6.45, 7) is 5.71. The average molecular weight is 503 g/mol. The number of rotatable bonds is 5. The molecule has 0 amide bonds. The van der Waals surface area contributed by atoms with E-state index in [1.807, 2.05) is 41.5 Å². The Morgan fingerprint density at radius 2 is 1.39 bits per heavy atom. The molecule has 2 fully saturated rings. The Bertz CT molecular complexity index is 1370. The zero-order chi connectivity index (χ0) is 26.1. The van der Waals surface area contributed by atoms with Gasteiger partial charge in [0.15, 0.2) is 0 Å². The molecular formula is C34H34N2O2. The molecule has 2 saturated heterocycles. The van der Waals surface area contributed by atoms with Gasteiger partial charge in [-0.3, -0.25) is 14.5 Å². The predicted octanol–water partition coefficient (Wildman–Crippen LogP) is 7.25. The van der Waals surface area contributed by atoms with Crippen LogP contribution in [0.2, 0.25) is 0 Å². The van der Waals surface area contributed by atoms with Crippen LogP contribution in [0.5, 0.6) is 0 Å². The van der Waals surface area contributed by atoms with Crippen LogP contribution in [-0.2, 0) is 9.63 Å². The number of hydroxylamine groups is 1. The average Bonchev–Trinajstić information content (AvgIpc) is 3.31. The molecule has 0 bridgehead atoms. The maximum absolute atomic E-state index is 14.4. The molecule has 0 N–H and O–H groups in total. The molecular weight excluding hydrogens is 468 g/mol. The first-order valence-corrected chi connectivity index (χ1v) is 13.5. The summed E-state index contributed by atoms with van der Waals surface area (Å²) >= 11 is 0. The fourth-order valence-corrected chi connectivity index (χ4v) is 6.30. The summed E-state index contributed by atoms with van der Waals surface area (Å²) < 4.78 is 0. The lowest BCUT2D eigenvalue weighted by Gasteiger charge is -2.46. The van der Waals surface area contributed by atoms with Gasteiger partial charge in [0.05, 0.1) is 11.7 Å². The molecule has 0 unspecified atom stereocenters. The van der Waals surface area contributed by atoms with Crippen LogP contribution in [0.3, 0.4) is 0 Å². The second kappa shape index (κ2) is 10.2. The van der Waals surface area contributed by atoms with Crippen LogP contribution in [0.1, 0.15) is 53.8 Å². The molecule has 2 aliphatic heterocycles. The third kappa shape index (κ3) is 4.24. The summed E-state index contributed by atoms with van der Waals surface area (Å²) in [5, 5.41) is 2.01. The normalized spacial score (nSPS) is 24.6. The smallest absolute Gasteiger partial charge is 0.147 e. The molecule has 4 nitrogen and oxygen atoms in total. The van der Waals surface area contributed by atoms with E-state index in [1.54, 1.807) is 0 Å². The van der Waals surface area contributed by atoms with Crippen LogP contribution in [0, 0.1) is 12.3 Å². The van der Waals surface area contributed by atoms with Crippen molar-refractivity contribution < 1.29 is 9.63 Å². The highest BCUT2D eigenvalue weighted by Gasteiger charge is 2.63. The number of hydrogen-bond acceptors (Lipinski definition) is 4. The number of ketones is 1. The monoisotopic (exact) mass is 502 g/mol. The van der Waals surface area contributed by atoms with Crippen molar-refractivity contribution in [3.63, 3.8) is 0 Å². The number of piperidine rings is 1. The number of para-hydroxylation sites is 1. The van der Waals surface area contributed by atoms with Crippen molar-refractivity contribution in [3.8, 4) is 0 Å². The van der Waals surface area contributed by atoms with Crippen molar-refractivity contribution in [2.24, 2.45) is 5.41 Å². The van der Waals surface area contributed by atoms with Gasteiger partial charge in [-0.1, -0.05) is 109 Å². The molecule has 0 aliphatic carbocycles. The number of carbonyl (C=O) groups excluding carboxylic acids is 1. The molecule has 4 aromatic rings. The number of aryl methyl sites for hydroxylation is 1. The van der Waals surface area contributed by atoms with E-state index in [0.717, 1.165) is 23.4 Å². The number of Topliss-reactive ketones (excluding diaryl/α,β-unsaturated/α-hetero) is 1. The predicted molar refractivity (Wildman–Crippen MR) is 152 cm³/mol. The van der Waals surface area contributed by atoms with Gasteiger partial charge in [-0.25, -0.2) is 5.06 Å². The summed E-state index contributed by atoms with van der Waals surface area (Å²) in [5.74, 6) is 0.270. The van der Waals surface area contributed by atoms with E-state index >= 15 is 0 Å². The van der Waals surface area contributed by atoms with E-state index in [0.29, 0.717) is 13.0 Å². The first kappa shape index (κ1) is 24.6. The highest BCUT2D eigenvalue weighted by molar-refractivity contribution is 5.89. The molecule has 2 aliphatic rings. The zero-order valence-corrected chi connectivity index (χ0v) is 22.0. The van der Waals surface area contributed by atoms with E-state index in [-0.39, 0.29) is 17.9 Å². The number of benzene rings is 4. The van der Waals surface area contributed by atoms with Crippen LogP contribution in [0.4, 0.5) is 5.69 Å². The Morgan fingerprint density at radius 3 is 2.05 bits per heavy atom. The first-order valence-electron chi connectivity index (χ1n) is 13.5. The minimum absolute atomic E-state index is 0.182. The van der Waals surface area contributed by atoms with E-state index in [4.69, 9.17) is 4.84 Å². The van der Waals surface area contributed by atoms with Gasteiger partial charge in [0.2, 0.25) is 0 Å². The number of likely N-dealkylation sites (tertiary alicyclic amines) is 1. The molecule has 0 radical (unpaired) electrons. The second-order valence-electron chi connectivity index (χ2n) is 10.6. The van der Waals surface area contributed by atoms with Crippen molar-refractivity contribution in [3.05, 3.63) is 138 Å². The summed E-state index contributed by atoms with van der Waals surface area (Å²) in [6, 6.07) is 39.6. The Kier molecular flexibility index (Phi) is 6.61. The van der Waals surface area contributed by atoms with Crippen LogP contribution in [0.15, 0.2) is 115 Å². The number of nitrogens with zero attached hydrogens (tertiary/aromatic N) is 2. The van der Waals surface area contributed by atoms with E-state index in [2.05, 4.69) is 97.6 Å². The van der Waals surface area contributed by atoms with Gasteiger partial charge in [0.1, 0.15) is 17.3 Å². The van der Waals surface area contributed by atoms with Crippen LogP contribution < -0.4 is 5.06 Å². The van der Waals surface area contributed by atoms with Gasteiger partial charge in [-0.05, 0) is 42.7 Å². The van der Waals surface area contributed by atoms with Crippen molar-refractivity contribution in [1.82, 2.24) is 4.90 Å². The highest BCUT2D eigenvalue weighted by Crippen LogP contribution is 2.59. The molecule has 0 saturated carbocycles. The van der Waals surface area contributed by atoms with Gasteiger partial charge < -0.3 is 0 Å². The summed E-state index contributed by atoms with van der Waals surface area (Å²) in [4.78, 5) is 23.8. The van der Waals surface area contributed by atoms with Gasteiger partial charge in [0, 0.05) is 25.6 Å². The lowest BCUT2D eigenvalue weighted by atomic mass is 9.65. The molecule has 6 rings (SSSR count). The molecule has 4 heteroatoms. The number of hydrogen-bond donors (Lipinski definition) is 0. The number of carbonyl (C=O) groups is 1. The fraction of sp³-hybridized carbons (Fsp3) is 0.265. The molecule has 1 spiro atoms. The van der Waals surface area contributed by atoms with Gasteiger partial charge in [0.25, 0.3) is 0 Å². The summed E-state index contributed by atoms with van der Waals surface area (Å²) in [7, 11) is 0. The first-order chi connectivity index (χ1) is 18.6. The molecule has 2 heterocycles. The SMILES string of the molecule is Cc1ccc([C@H]2N(c3ccccc3)O[C@H](c3ccccc3)[C@@]23CN([C@H](C)c2ccccc2)CCC3=O)cc1. The maximum Gasteiger partial charge on any atom is 0.147 e. The Morgan fingerprint density at radius 1 is 0.789 bits per heavy atom. The Hall–Kier alpha value is -3.73. The third-order valence-corrected chi connectivity index (χ3v) is 8.36. The standard InChI is InChI=1S/C34H34N2O2/c1-25-18-20-28(21-19-25)32-34(24-35(23-22-31(34)37)26(2)27-12-6-3-7-13-27)33(29-14-8-4-9-15-29)38-36(32)30-16-10-5-11-17-30/h3-21,26,32-33H,22-24H2,1-2H3/t26-,32-,33-,34-/m1/s1. The minimum atomic E-state index is -0.784. The van der Waals surface area contributed by atoms with Crippen molar-refractivity contribution in [2.75, 3.05) is 18.2 Å².